The maximum absolute atomic E-state index is 6.19. The molecule has 110 valence electrons. The van der Waals surface area contributed by atoms with Crippen molar-refractivity contribution in [2.24, 2.45) is 0 Å². The van der Waals surface area contributed by atoms with Crippen molar-refractivity contribution < 1.29 is 4.74 Å². The zero-order valence-electron chi connectivity index (χ0n) is 12.4. The van der Waals surface area contributed by atoms with Gasteiger partial charge in [0.15, 0.2) is 0 Å². The van der Waals surface area contributed by atoms with E-state index >= 15 is 0 Å². The van der Waals surface area contributed by atoms with Crippen LogP contribution in [0.4, 0.5) is 0 Å². The number of hydrogen-bond donors (Lipinski definition) is 1. The second kappa shape index (κ2) is 7.28. The molecule has 0 radical (unpaired) electrons. The van der Waals surface area contributed by atoms with Crippen LogP contribution in [0.3, 0.4) is 0 Å². The van der Waals surface area contributed by atoms with Crippen LogP contribution in [0.1, 0.15) is 31.2 Å². The van der Waals surface area contributed by atoms with Crippen molar-refractivity contribution in [3.05, 3.63) is 66.2 Å². The number of rotatable bonds is 5. The van der Waals surface area contributed by atoms with E-state index in [-0.39, 0.29) is 6.10 Å². The summed E-state index contributed by atoms with van der Waals surface area (Å²) in [5.74, 6) is 0.982. The Morgan fingerprint density at radius 3 is 2.29 bits per heavy atom. The smallest absolute Gasteiger partial charge is 0.119 e. The van der Waals surface area contributed by atoms with E-state index in [1.165, 1.54) is 24.8 Å². The summed E-state index contributed by atoms with van der Waals surface area (Å²) in [6.45, 7) is 0.917. The van der Waals surface area contributed by atoms with E-state index in [4.69, 9.17) is 4.74 Å². The van der Waals surface area contributed by atoms with Crippen molar-refractivity contribution in [2.45, 2.75) is 44.4 Å². The highest BCUT2D eigenvalue weighted by atomic mass is 16.5. The minimum atomic E-state index is 0.282. The molecule has 1 aliphatic rings. The van der Waals surface area contributed by atoms with Crippen molar-refractivity contribution >= 4 is 0 Å². The lowest BCUT2D eigenvalue weighted by Crippen LogP contribution is -2.44. The molecule has 0 aromatic heterocycles. The van der Waals surface area contributed by atoms with E-state index in [2.05, 4.69) is 35.6 Å². The Kier molecular flexibility index (Phi) is 4.90. The minimum absolute atomic E-state index is 0.282. The van der Waals surface area contributed by atoms with Crippen molar-refractivity contribution in [2.75, 3.05) is 0 Å². The second-order valence-corrected chi connectivity index (χ2v) is 5.73. The molecule has 1 aliphatic carbocycles. The topological polar surface area (TPSA) is 21.3 Å². The second-order valence-electron chi connectivity index (χ2n) is 5.73. The Morgan fingerprint density at radius 2 is 1.52 bits per heavy atom. The van der Waals surface area contributed by atoms with Crippen LogP contribution >= 0.6 is 0 Å². The van der Waals surface area contributed by atoms with Crippen LogP contribution in [0.15, 0.2) is 60.7 Å². The molecule has 0 amide bonds. The summed E-state index contributed by atoms with van der Waals surface area (Å²) in [4.78, 5) is 0. The number of hydrogen-bond acceptors (Lipinski definition) is 2. The fourth-order valence-corrected chi connectivity index (χ4v) is 2.99. The first-order valence-corrected chi connectivity index (χ1v) is 7.91. The van der Waals surface area contributed by atoms with Gasteiger partial charge < -0.3 is 10.1 Å². The zero-order chi connectivity index (χ0) is 14.3. The maximum Gasteiger partial charge on any atom is 0.119 e. The van der Waals surface area contributed by atoms with E-state index in [1.807, 2.05) is 30.3 Å². The van der Waals surface area contributed by atoms with Gasteiger partial charge in [-0.25, -0.2) is 0 Å². The van der Waals surface area contributed by atoms with Gasteiger partial charge in [-0.2, -0.15) is 0 Å². The summed E-state index contributed by atoms with van der Waals surface area (Å²) < 4.78 is 6.19. The molecule has 0 heterocycles. The minimum Gasteiger partial charge on any atom is -0.489 e. The average molecular weight is 281 g/mol. The predicted octanol–water partition coefficient (Wildman–Crippen LogP) is 4.17. The van der Waals surface area contributed by atoms with E-state index in [0.29, 0.717) is 6.04 Å². The monoisotopic (exact) mass is 281 g/mol. The SMILES string of the molecule is c1ccc(CN[C@@H]2CCCC[C@H]2Oc2ccccc2)cc1. The van der Waals surface area contributed by atoms with Gasteiger partial charge in [0.2, 0.25) is 0 Å². The number of para-hydroxylation sites is 1. The average Bonchev–Trinajstić information content (AvgIpc) is 2.56. The van der Waals surface area contributed by atoms with Crippen molar-refractivity contribution in [1.82, 2.24) is 5.32 Å². The molecule has 2 aromatic rings. The highest BCUT2D eigenvalue weighted by Crippen LogP contribution is 2.24. The lowest BCUT2D eigenvalue weighted by Gasteiger charge is -2.32. The van der Waals surface area contributed by atoms with E-state index in [9.17, 15) is 0 Å². The first-order valence-electron chi connectivity index (χ1n) is 7.91. The van der Waals surface area contributed by atoms with E-state index < -0.39 is 0 Å². The number of ether oxygens (including phenoxy) is 1. The molecule has 3 rings (SSSR count). The molecular weight excluding hydrogens is 258 g/mol. The first-order chi connectivity index (χ1) is 10.4. The van der Waals surface area contributed by atoms with Gasteiger partial charge in [-0.15, -0.1) is 0 Å². The molecular formula is C19H23NO. The van der Waals surface area contributed by atoms with Gasteiger partial charge in [0.05, 0.1) is 0 Å². The molecule has 0 spiro atoms. The summed E-state index contributed by atoms with van der Waals surface area (Å²) >= 11 is 0. The van der Waals surface area contributed by atoms with Gasteiger partial charge in [0, 0.05) is 12.6 Å². The van der Waals surface area contributed by atoms with Crippen molar-refractivity contribution in [1.29, 1.82) is 0 Å². The summed E-state index contributed by atoms with van der Waals surface area (Å²) in [5, 5.41) is 3.68. The third kappa shape index (κ3) is 4.08. The third-order valence-corrected chi connectivity index (χ3v) is 4.14. The molecule has 0 aliphatic heterocycles. The van der Waals surface area contributed by atoms with Crippen LogP contribution in [-0.2, 0) is 6.54 Å². The van der Waals surface area contributed by atoms with Gasteiger partial charge in [0.25, 0.3) is 0 Å². The maximum atomic E-state index is 6.19. The highest BCUT2D eigenvalue weighted by molar-refractivity contribution is 5.21. The molecule has 2 atom stereocenters. The number of benzene rings is 2. The van der Waals surface area contributed by atoms with Crippen LogP contribution in [0.25, 0.3) is 0 Å². The molecule has 2 heteroatoms. The van der Waals surface area contributed by atoms with E-state index in [1.54, 1.807) is 0 Å². The summed E-state index contributed by atoms with van der Waals surface area (Å²) in [6, 6.07) is 21.2. The largest absolute Gasteiger partial charge is 0.489 e. The quantitative estimate of drug-likeness (QED) is 0.888. The van der Waals surface area contributed by atoms with E-state index in [0.717, 1.165) is 18.7 Å². The lowest BCUT2D eigenvalue weighted by molar-refractivity contribution is 0.113. The Balaban J connectivity index is 1.59. The predicted molar refractivity (Wildman–Crippen MR) is 86.4 cm³/mol. The molecule has 21 heavy (non-hydrogen) atoms. The Hall–Kier alpha value is -1.80. The van der Waals surface area contributed by atoms with Gasteiger partial charge in [-0.05, 0) is 37.0 Å². The molecule has 1 fully saturated rings. The van der Waals surface area contributed by atoms with Crippen LogP contribution in [0, 0.1) is 0 Å². The Bertz CT molecular complexity index is 526. The van der Waals surface area contributed by atoms with Crippen LogP contribution in [-0.4, -0.2) is 12.1 Å². The zero-order valence-corrected chi connectivity index (χ0v) is 12.4. The molecule has 1 N–H and O–H groups in total. The van der Waals surface area contributed by atoms with Gasteiger partial charge >= 0.3 is 0 Å². The standard InChI is InChI=1S/C19H23NO/c1-3-9-16(10-4-1)15-20-18-13-7-8-14-19(18)21-17-11-5-2-6-12-17/h1-6,9-12,18-20H,7-8,13-15H2/t18-,19-/m1/s1. The van der Waals surface area contributed by atoms with Gasteiger partial charge in [-0.1, -0.05) is 55.0 Å². The Morgan fingerprint density at radius 1 is 0.857 bits per heavy atom. The normalized spacial score (nSPS) is 21.9. The Labute approximate surface area is 127 Å². The van der Waals surface area contributed by atoms with Crippen molar-refractivity contribution in [3.8, 4) is 5.75 Å². The summed E-state index contributed by atoms with van der Waals surface area (Å²) in [7, 11) is 0. The summed E-state index contributed by atoms with van der Waals surface area (Å²) in [6.07, 6.45) is 5.18. The fraction of sp³-hybridized carbons (Fsp3) is 0.368. The van der Waals surface area contributed by atoms with Crippen LogP contribution < -0.4 is 10.1 Å². The van der Waals surface area contributed by atoms with Crippen LogP contribution in [0.5, 0.6) is 5.75 Å². The molecule has 2 aromatic carbocycles. The molecule has 0 bridgehead atoms. The number of nitrogens with one attached hydrogen (secondary N) is 1. The summed E-state index contributed by atoms with van der Waals surface area (Å²) in [5.41, 5.74) is 1.33. The molecule has 0 unspecified atom stereocenters. The van der Waals surface area contributed by atoms with Crippen LogP contribution in [0.2, 0.25) is 0 Å². The molecule has 1 saturated carbocycles. The fourth-order valence-electron chi connectivity index (χ4n) is 2.99. The van der Waals surface area contributed by atoms with Crippen molar-refractivity contribution in [3.63, 3.8) is 0 Å². The molecule has 2 nitrogen and oxygen atoms in total. The van der Waals surface area contributed by atoms with Gasteiger partial charge in [-0.3, -0.25) is 0 Å². The van der Waals surface area contributed by atoms with Gasteiger partial charge in [0.1, 0.15) is 11.9 Å². The third-order valence-electron chi connectivity index (χ3n) is 4.14. The highest BCUT2D eigenvalue weighted by Gasteiger charge is 2.26. The molecule has 0 saturated heterocycles. The first kappa shape index (κ1) is 14.2. The lowest BCUT2D eigenvalue weighted by atomic mass is 9.92.